The molecule has 132 valence electrons. The van der Waals surface area contributed by atoms with E-state index < -0.39 is 0 Å². The summed E-state index contributed by atoms with van der Waals surface area (Å²) < 4.78 is 22.6. The zero-order valence-electron chi connectivity index (χ0n) is 15.2. The van der Waals surface area contributed by atoms with Crippen molar-refractivity contribution in [2.75, 3.05) is 20.8 Å². The van der Waals surface area contributed by atoms with Gasteiger partial charge in [-0.1, -0.05) is 6.92 Å². The highest BCUT2D eigenvalue weighted by Crippen LogP contribution is 2.41. The van der Waals surface area contributed by atoms with Gasteiger partial charge >= 0.3 is 0 Å². The number of hydrogen-bond acceptors (Lipinski definition) is 4. The van der Waals surface area contributed by atoms with Gasteiger partial charge in [-0.3, -0.25) is 0 Å². The molecule has 0 N–H and O–H groups in total. The molecule has 0 radical (unpaired) electrons. The average molecular weight is 340 g/mol. The van der Waals surface area contributed by atoms with Crippen molar-refractivity contribution in [2.24, 2.45) is 0 Å². The van der Waals surface area contributed by atoms with Crippen LogP contribution >= 0.6 is 0 Å². The summed E-state index contributed by atoms with van der Waals surface area (Å²) in [6, 6.07) is 12.0. The van der Waals surface area contributed by atoms with Gasteiger partial charge in [-0.05, 0) is 61.4 Å². The highest BCUT2D eigenvalue weighted by molar-refractivity contribution is 5.81. The Morgan fingerprint density at radius 3 is 2.32 bits per heavy atom. The predicted molar refractivity (Wildman–Crippen MR) is 99.1 cm³/mol. The fourth-order valence-electron chi connectivity index (χ4n) is 2.90. The highest BCUT2D eigenvalue weighted by Gasteiger charge is 2.22. The molecule has 0 amide bonds. The summed E-state index contributed by atoms with van der Waals surface area (Å²) in [5.74, 6) is 3.15. The normalized spacial score (nSPS) is 15.7. The summed E-state index contributed by atoms with van der Waals surface area (Å²) in [6.45, 7) is 4.86. The Kier molecular flexibility index (Phi) is 5.17. The van der Waals surface area contributed by atoms with E-state index in [1.807, 2.05) is 49.4 Å². The molecule has 25 heavy (non-hydrogen) atoms. The molecule has 0 aliphatic carbocycles. The largest absolute Gasteiger partial charge is 0.494 e. The van der Waals surface area contributed by atoms with Gasteiger partial charge in [0.2, 0.25) is 0 Å². The van der Waals surface area contributed by atoms with Crippen molar-refractivity contribution >= 4 is 11.8 Å². The minimum atomic E-state index is -0.0641. The number of ether oxygens (including phenoxy) is 4. The van der Waals surface area contributed by atoms with Crippen molar-refractivity contribution in [1.82, 2.24) is 0 Å². The highest BCUT2D eigenvalue weighted by atomic mass is 16.5. The number of benzene rings is 2. The van der Waals surface area contributed by atoms with Crippen LogP contribution < -0.4 is 14.2 Å². The van der Waals surface area contributed by atoms with Gasteiger partial charge < -0.3 is 18.9 Å². The lowest BCUT2D eigenvalue weighted by molar-refractivity contribution is 0.185. The topological polar surface area (TPSA) is 36.9 Å². The fraction of sp³-hybridized carbons (Fsp3) is 0.333. The van der Waals surface area contributed by atoms with Crippen LogP contribution in [-0.4, -0.2) is 20.8 Å². The van der Waals surface area contributed by atoms with Crippen LogP contribution in [0.5, 0.6) is 17.2 Å². The monoisotopic (exact) mass is 340 g/mol. The quantitative estimate of drug-likeness (QED) is 0.735. The van der Waals surface area contributed by atoms with E-state index >= 15 is 0 Å². The Bertz CT molecular complexity index is 762. The van der Waals surface area contributed by atoms with Crippen molar-refractivity contribution in [3.05, 3.63) is 53.1 Å². The first kappa shape index (κ1) is 17.2. The molecule has 0 saturated carbocycles. The minimum absolute atomic E-state index is 0.0641. The third-order valence-electron chi connectivity index (χ3n) is 4.23. The molecule has 0 bridgehead atoms. The Hall–Kier alpha value is -2.62. The minimum Gasteiger partial charge on any atom is -0.494 e. The maximum atomic E-state index is 6.12. The number of fused-ring (bicyclic) bond motifs is 1. The van der Waals surface area contributed by atoms with Crippen LogP contribution in [0.4, 0.5) is 0 Å². The number of hydrogen-bond donors (Lipinski definition) is 0. The molecule has 1 aliphatic heterocycles. The maximum absolute atomic E-state index is 6.12. The zero-order valence-corrected chi connectivity index (χ0v) is 15.2. The molecule has 0 fully saturated rings. The van der Waals surface area contributed by atoms with E-state index in [2.05, 4.69) is 6.92 Å². The standard InChI is InChI=1S/C21H24O4/c1-5-10-24-17-8-6-15(7-9-17)19-11-16-12-20(22-3)21(23-4)13-18(16)14(2)25-19/h6-9,11-14H,5,10H2,1-4H3. The molecule has 0 aromatic heterocycles. The summed E-state index contributed by atoms with van der Waals surface area (Å²) >= 11 is 0. The predicted octanol–water partition coefficient (Wildman–Crippen LogP) is 5.08. The van der Waals surface area contributed by atoms with Crippen molar-refractivity contribution in [3.63, 3.8) is 0 Å². The first-order chi connectivity index (χ1) is 12.2. The fourth-order valence-corrected chi connectivity index (χ4v) is 2.90. The number of methoxy groups -OCH3 is 2. The van der Waals surface area contributed by atoms with Gasteiger partial charge in [0.25, 0.3) is 0 Å². The van der Waals surface area contributed by atoms with E-state index in [1.54, 1.807) is 14.2 Å². The summed E-state index contributed by atoms with van der Waals surface area (Å²) in [4.78, 5) is 0. The zero-order chi connectivity index (χ0) is 17.8. The van der Waals surface area contributed by atoms with Crippen LogP contribution in [0.2, 0.25) is 0 Å². The van der Waals surface area contributed by atoms with Crippen molar-refractivity contribution < 1.29 is 18.9 Å². The second-order valence-corrected chi connectivity index (χ2v) is 5.98. The second-order valence-electron chi connectivity index (χ2n) is 5.98. The summed E-state index contributed by atoms with van der Waals surface area (Å²) in [5.41, 5.74) is 3.19. The van der Waals surface area contributed by atoms with E-state index in [0.29, 0.717) is 11.5 Å². The van der Waals surface area contributed by atoms with Crippen LogP contribution in [0.25, 0.3) is 11.8 Å². The van der Waals surface area contributed by atoms with Crippen molar-refractivity contribution in [1.29, 1.82) is 0 Å². The van der Waals surface area contributed by atoms with Gasteiger partial charge in [-0.2, -0.15) is 0 Å². The van der Waals surface area contributed by atoms with Gasteiger partial charge in [0.05, 0.1) is 20.8 Å². The molecule has 1 unspecified atom stereocenters. The van der Waals surface area contributed by atoms with Gasteiger partial charge in [0.1, 0.15) is 17.6 Å². The molecule has 0 saturated heterocycles. The smallest absolute Gasteiger partial charge is 0.161 e. The van der Waals surface area contributed by atoms with Crippen molar-refractivity contribution in [3.8, 4) is 17.2 Å². The Labute approximate surface area is 149 Å². The van der Waals surface area contributed by atoms with Crippen LogP contribution in [-0.2, 0) is 4.74 Å². The lowest BCUT2D eigenvalue weighted by Gasteiger charge is -2.26. The van der Waals surface area contributed by atoms with Gasteiger partial charge in [-0.25, -0.2) is 0 Å². The number of rotatable bonds is 6. The average Bonchev–Trinajstić information content (AvgIpc) is 2.65. The van der Waals surface area contributed by atoms with Crippen LogP contribution in [0, 0.1) is 0 Å². The Morgan fingerprint density at radius 2 is 1.68 bits per heavy atom. The molecule has 2 aromatic rings. The van der Waals surface area contributed by atoms with Crippen molar-refractivity contribution in [2.45, 2.75) is 26.4 Å². The third-order valence-corrected chi connectivity index (χ3v) is 4.23. The lowest BCUT2D eigenvalue weighted by Crippen LogP contribution is -2.08. The molecule has 1 heterocycles. The van der Waals surface area contributed by atoms with Crippen LogP contribution in [0.1, 0.15) is 43.1 Å². The lowest BCUT2D eigenvalue weighted by atomic mass is 9.97. The molecule has 1 aliphatic rings. The van der Waals surface area contributed by atoms with Crippen LogP contribution in [0.15, 0.2) is 36.4 Å². The molecule has 3 rings (SSSR count). The SMILES string of the molecule is CCCOc1ccc(C2=Cc3cc(OC)c(OC)cc3C(C)O2)cc1. The molecule has 0 spiro atoms. The second kappa shape index (κ2) is 7.51. The first-order valence-electron chi connectivity index (χ1n) is 8.53. The molecular weight excluding hydrogens is 316 g/mol. The van der Waals surface area contributed by atoms with E-state index in [0.717, 1.165) is 41.2 Å². The molecule has 4 nitrogen and oxygen atoms in total. The Morgan fingerprint density at radius 1 is 1.00 bits per heavy atom. The van der Waals surface area contributed by atoms with Gasteiger partial charge in [0.15, 0.2) is 11.5 Å². The van der Waals surface area contributed by atoms with Gasteiger partial charge in [0, 0.05) is 11.1 Å². The molecule has 2 aromatic carbocycles. The summed E-state index contributed by atoms with van der Waals surface area (Å²) in [6.07, 6.45) is 2.97. The van der Waals surface area contributed by atoms with E-state index in [9.17, 15) is 0 Å². The third kappa shape index (κ3) is 3.58. The van der Waals surface area contributed by atoms with E-state index in [4.69, 9.17) is 18.9 Å². The Balaban J connectivity index is 1.93. The molecule has 4 heteroatoms. The van der Waals surface area contributed by atoms with E-state index in [-0.39, 0.29) is 6.10 Å². The molecular formula is C21H24O4. The maximum Gasteiger partial charge on any atom is 0.161 e. The molecule has 1 atom stereocenters. The van der Waals surface area contributed by atoms with Gasteiger partial charge in [-0.15, -0.1) is 0 Å². The summed E-state index contributed by atoms with van der Waals surface area (Å²) in [5, 5.41) is 0. The van der Waals surface area contributed by atoms with E-state index in [1.165, 1.54) is 0 Å². The first-order valence-corrected chi connectivity index (χ1v) is 8.53. The van der Waals surface area contributed by atoms with Crippen LogP contribution in [0.3, 0.4) is 0 Å². The summed E-state index contributed by atoms with van der Waals surface area (Å²) in [7, 11) is 3.29.